The molecule has 0 unspecified atom stereocenters. The van der Waals surface area contributed by atoms with Crippen molar-refractivity contribution >= 4 is 11.9 Å². The van der Waals surface area contributed by atoms with E-state index in [0.29, 0.717) is 13.1 Å². The van der Waals surface area contributed by atoms with Crippen LogP contribution in [0.2, 0.25) is 0 Å². The number of rotatable bonds is 2. The first kappa shape index (κ1) is 13.8. The molecule has 98 valence electrons. The molecular weight excluding hydrogens is 220 g/mol. The average molecular weight is 242 g/mol. The number of hydrogen-bond donors (Lipinski definition) is 2. The molecule has 0 bridgehead atoms. The summed E-state index contributed by atoms with van der Waals surface area (Å²) in [6, 6.07) is -0.251. The smallest absolute Gasteiger partial charge is 0.317 e. The Kier molecular flexibility index (Phi) is 4.34. The molecule has 1 heterocycles. The Morgan fingerprint density at radius 2 is 1.82 bits per heavy atom. The number of piperazine rings is 1. The number of likely N-dealkylation sites (N-methyl/N-ethyl adjacent to an activating group) is 1. The molecule has 0 saturated carbocycles. The second-order valence-corrected chi connectivity index (χ2v) is 4.72. The van der Waals surface area contributed by atoms with Crippen molar-refractivity contribution in [2.45, 2.75) is 19.4 Å². The fourth-order valence-corrected chi connectivity index (χ4v) is 1.82. The summed E-state index contributed by atoms with van der Waals surface area (Å²) in [6.07, 6.45) is 0. The topological polar surface area (TPSA) is 64.7 Å². The number of nitrogens with zero attached hydrogens (tertiary/aromatic N) is 2. The largest absolute Gasteiger partial charge is 0.341 e. The summed E-state index contributed by atoms with van der Waals surface area (Å²) in [5, 5.41) is 5.73. The summed E-state index contributed by atoms with van der Waals surface area (Å²) in [4.78, 5) is 27.2. The number of carbonyl (C=O) groups excluding carboxylic acids is 2. The monoisotopic (exact) mass is 242 g/mol. The zero-order valence-corrected chi connectivity index (χ0v) is 11.0. The minimum absolute atomic E-state index is 0.00917. The van der Waals surface area contributed by atoms with Crippen LogP contribution in [-0.4, -0.2) is 67.6 Å². The maximum atomic E-state index is 12.4. The highest BCUT2D eigenvalue weighted by molar-refractivity contribution is 5.90. The highest BCUT2D eigenvalue weighted by Crippen LogP contribution is 2.16. The van der Waals surface area contributed by atoms with Crippen LogP contribution < -0.4 is 10.6 Å². The number of amides is 3. The van der Waals surface area contributed by atoms with Crippen LogP contribution in [0.5, 0.6) is 0 Å². The van der Waals surface area contributed by atoms with E-state index in [4.69, 9.17) is 0 Å². The molecule has 0 radical (unpaired) electrons. The van der Waals surface area contributed by atoms with E-state index in [-0.39, 0.29) is 11.9 Å². The number of nitrogens with one attached hydrogen (secondary N) is 2. The van der Waals surface area contributed by atoms with Crippen LogP contribution in [0.15, 0.2) is 0 Å². The van der Waals surface area contributed by atoms with Gasteiger partial charge in [0.15, 0.2) is 0 Å². The van der Waals surface area contributed by atoms with Gasteiger partial charge in [-0.2, -0.15) is 0 Å². The zero-order chi connectivity index (χ0) is 13.1. The molecule has 0 atom stereocenters. The maximum Gasteiger partial charge on any atom is 0.317 e. The van der Waals surface area contributed by atoms with Crippen molar-refractivity contribution in [2.24, 2.45) is 0 Å². The SMILES string of the molecule is CNC(=O)N(C)C(C)(C)C(=O)N1CCNCC1. The lowest BCUT2D eigenvalue weighted by molar-refractivity contribution is -0.141. The van der Waals surface area contributed by atoms with Gasteiger partial charge in [-0.25, -0.2) is 4.79 Å². The van der Waals surface area contributed by atoms with Crippen LogP contribution in [0, 0.1) is 0 Å². The minimum Gasteiger partial charge on any atom is -0.341 e. The van der Waals surface area contributed by atoms with Crippen LogP contribution >= 0.6 is 0 Å². The van der Waals surface area contributed by atoms with Gasteiger partial charge in [0.25, 0.3) is 0 Å². The molecule has 2 N–H and O–H groups in total. The molecule has 0 aromatic carbocycles. The Bertz CT molecular complexity index is 298. The van der Waals surface area contributed by atoms with Crippen molar-refractivity contribution in [3.05, 3.63) is 0 Å². The highest BCUT2D eigenvalue weighted by atomic mass is 16.2. The first-order valence-electron chi connectivity index (χ1n) is 5.87. The van der Waals surface area contributed by atoms with Crippen molar-refractivity contribution in [3.63, 3.8) is 0 Å². The molecule has 0 aromatic heterocycles. The van der Waals surface area contributed by atoms with Crippen molar-refractivity contribution in [1.82, 2.24) is 20.4 Å². The normalized spacial score (nSPS) is 16.6. The number of carbonyl (C=O) groups is 2. The third kappa shape index (κ3) is 2.88. The molecule has 17 heavy (non-hydrogen) atoms. The molecule has 0 spiro atoms. The predicted molar refractivity (Wildman–Crippen MR) is 65.7 cm³/mol. The molecule has 1 fully saturated rings. The van der Waals surface area contributed by atoms with E-state index < -0.39 is 5.54 Å². The molecule has 1 aliphatic rings. The summed E-state index contributed by atoms with van der Waals surface area (Å²) in [5.41, 5.74) is -0.822. The second kappa shape index (κ2) is 5.35. The van der Waals surface area contributed by atoms with Crippen LogP contribution in [-0.2, 0) is 4.79 Å². The average Bonchev–Trinajstić information content (AvgIpc) is 2.36. The molecule has 3 amide bonds. The molecule has 1 rings (SSSR count). The van der Waals surface area contributed by atoms with E-state index in [1.807, 2.05) is 0 Å². The first-order chi connectivity index (χ1) is 7.91. The lowest BCUT2D eigenvalue weighted by atomic mass is 10.0. The van der Waals surface area contributed by atoms with Gasteiger partial charge in [0.2, 0.25) is 5.91 Å². The Balaban J connectivity index is 2.74. The van der Waals surface area contributed by atoms with E-state index >= 15 is 0 Å². The van der Waals surface area contributed by atoms with Gasteiger partial charge >= 0.3 is 6.03 Å². The van der Waals surface area contributed by atoms with Gasteiger partial charge in [-0.15, -0.1) is 0 Å². The fourth-order valence-electron chi connectivity index (χ4n) is 1.82. The highest BCUT2D eigenvalue weighted by Gasteiger charge is 2.38. The third-order valence-corrected chi connectivity index (χ3v) is 3.28. The first-order valence-corrected chi connectivity index (χ1v) is 5.87. The van der Waals surface area contributed by atoms with Gasteiger partial charge in [-0.1, -0.05) is 0 Å². The van der Waals surface area contributed by atoms with Crippen molar-refractivity contribution < 1.29 is 9.59 Å². The molecule has 0 aromatic rings. The standard InChI is InChI=1S/C11H22N4O2/c1-11(2,14(4)10(17)12-3)9(16)15-7-5-13-6-8-15/h13H,5-8H2,1-4H3,(H,12,17). The maximum absolute atomic E-state index is 12.4. The second-order valence-electron chi connectivity index (χ2n) is 4.72. The molecule has 1 aliphatic heterocycles. The van der Waals surface area contributed by atoms with Gasteiger partial charge in [-0.3, -0.25) is 4.79 Å². The lowest BCUT2D eigenvalue weighted by Crippen LogP contribution is -2.60. The molecule has 1 saturated heterocycles. The molecular formula is C11H22N4O2. The predicted octanol–water partition coefficient (Wildman–Crippen LogP) is -0.532. The van der Waals surface area contributed by atoms with Crippen molar-refractivity contribution in [2.75, 3.05) is 40.3 Å². The zero-order valence-electron chi connectivity index (χ0n) is 11.0. The van der Waals surface area contributed by atoms with Crippen LogP contribution in [0.4, 0.5) is 4.79 Å². The summed E-state index contributed by atoms with van der Waals surface area (Å²) in [5.74, 6) is -0.00917. The van der Waals surface area contributed by atoms with Crippen LogP contribution in [0.3, 0.4) is 0 Å². The number of hydrogen-bond acceptors (Lipinski definition) is 3. The summed E-state index contributed by atoms with van der Waals surface area (Å²) < 4.78 is 0. The number of urea groups is 1. The quantitative estimate of drug-likeness (QED) is 0.684. The Hall–Kier alpha value is -1.30. The summed E-state index contributed by atoms with van der Waals surface area (Å²) in [6.45, 7) is 6.56. The Labute approximate surface area is 102 Å². The molecule has 0 aliphatic carbocycles. The van der Waals surface area contributed by atoms with E-state index in [1.54, 1.807) is 32.8 Å². The molecule has 6 heteroatoms. The van der Waals surface area contributed by atoms with E-state index in [9.17, 15) is 9.59 Å². The van der Waals surface area contributed by atoms with Crippen LogP contribution in [0.25, 0.3) is 0 Å². The third-order valence-electron chi connectivity index (χ3n) is 3.28. The van der Waals surface area contributed by atoms with E-state index in [1.165, 1.54) is 4.90 Å². The van der Waals surface area contributed by atoms with Gasteiger partial charge in [0.1, 0.15) is 5.54 Å². The van der Waals surface area contributed by atoms with Crippen LogP contribution in [0.1, 0.15) is 13.8 Å². The van der Waals surface area contributed by atoms with E-state index in [0.717, 1.165) is 13.1 Å². The van der Waals surface area contributed by atoms with Crippen molar-refractivity contribution in [3.8, 4) is 0 Å². The van der Waals surface area contributed by atoms with Gasteiger partial charge in [-0.05, 0) is 13.8 Å². The van der Waals surface area contributed by atoms with Gasteiger partial charge in [0, 0.05) is 40.3 Å². The summed E-state index contributed by atoms with van der Waals surface area (Å²) in [7, 11) is 3.20. The lowest BCUT2D eigenvalue weighted by Gasteiger charge is -2.39. The van der Waals surface area contributed by atoms with Gasteiger partial charge < -0.3 is 20.4 Å². The van der Waals surface area contributed by atoms with Gasteiger partial charge in [0.05, 0.1) is 0 Å². The van der Waals surface area contributed by atoms with Crippen molar-refractivity contribution in [1.29, 1.82) is 0 Å². The Morgan fingerprint density at radius 3 is 2.29 bits per heavy atom. The minimum atomic E-state index is -0.822. The van der Waals surface area contributed by atoms with E-state index in [2.05, 4.69) is 10.6 Å². The summed E-state index contributed by atoms with van der Waals surface area (Å²) >= 11 is 0. The fraction of sp³-hybridized carbons (Fsp3) is 0.818. The molecule has 6 nitrogen and oxygen atoms in total. The Morgan fingerprint density at radius 1 is 1.29 bits per heavy atom.